The van der Waals surface area contributed by atoms with Crippen LogP contribution in [0.1, 0.15) is 32.6 Å². The van der Waals surface area contributed by atoms with Crippen LogP contribution < -0.4 is 5.32 Å². The van der Waals surface area contributed by atoms with Gasteiger partial charge in [0.2, 0.25) is 0 Å². The van der Waals surface area contributed by atoms with Gasteiger partial charge in [-0.15, -0.1) is 11.3 Å². The van der Waals surface area contributed by atoms with E-state index < -0.39 is 0 Å². The van der Waals surface area contributed by atoms with Gasteiger partial charge in [-0.2, -0.15) is 0 Å². The lowest BCUT2D eigenvalue weighted by Gasteiger charge is -2.10. The normalized spacial score (nSPS) is 11.1. The molecule has 0 aliphatic heterocycles. The molecule has 0 fully saturated rings. The first-order valence-electron chi connectivity index (χ1n) is 9.56. The molecule has 152 valence electrons. The van der Waals surface area contributed by atoms with Crippen molar-refractivity contribution < 1.29 is 4.79 Å². The SMILES string of the molecule is Cc1cc(C)c(CSc2nc3ccc(NC(=O)c4ccc(Cl)cc4)cc3s2)c(C)c1. The third-order valence-corrected chi connectivity index (χ3v) is 7.35. The van der Waals surface area contributed by atoms with Crippen LogP contribution >= 0.6 is 34.7 Å². The van der Waals surface area contributed by atoms with Crippen molar-refractivity contribution in [2.75, 3.05) is 5.32 Å². The van der Waals surface area contributed by atoms with Crippen molar-refractivity contribution in [3.05, 3.63) is 87.4 Å². The Morgan fingerprint density at radius 2 is 1.73 bits per heavy atom. The summed E-state index contributed by atoms with van der Waals surface area (Å²) in [6.07, 6.45) is 0. The highest BCUT2D eigenvalue weighted by Gasteiger charge is 2.11. The fourth-order valence-corrected chi connectivity index (χ4v) is 5.85. The molecule has 0 aliphatic carbocycles. The molecule has 1 amide bonds. The molecule has 4 aromatic rings. The monoisotopic (exact) mass is 452 g/mol. The van der Waals surface area contributed by atoms with Crippen molar-refractivity contribution in [2.45, 2.75) is 30.9 Å². The Morgan fingerprint density at radius 3 is 2.43 bits per heavy atom. The lowest BCUT2D eigenvalue weighted by molar-refractivity contribution is 0.102. The number of anilines is 1. The molecule has 0 radical (unpaired) electrons. The van der Waals surface area contributed by atoms with Crippen LogP contribution in [0, 0.1) is 20.8 Å². The summed E-state index contributed by atoms with van der Waals surface area (Å²) < 4.78 is 2.09. The average Bonchev–Trinajstić information content (AvgIpc) is 3.09. The Balaban J connectivity index is 1.48. The average molecular weight is 453 g/mol. The maximum absolute atomic E-state index is 12.4. The molecule has 0 spiro atoms. The highest BCUT2D eigenvalue weighted by molar-refractivity contribution is 8.00. The number of carbonyl (C=O) groups is 1. The van der Waals surface area contributed by atoms with Crippen LogP contribution in [0.3, 0.4) is 0 Å². The van der Waals surface area contributed by atoms with Gasteiger partial charge < -0.3 is 5.32 Å². The minimum atomic E-state index is -0.157. The van der Waals surface area contributed by atoms with Crippen molar-refractivity contribution in [2.24, 2.45) is 0 Å². The number of rotatable bonds is 5. The van der Waals surface area contributed by atoms with E-state index in [-0.39, 0.29) is 5.91 Å². The number of benzene rings is 3. The third kappa shape index (κ3) is 4.69. The molecule has 4 rings (SSSR count). The number of hydrogen-bond acceptors (Lipinski definition) is 4. The topological polar surface area (TPSA) is 42.0 Å². The van der Waals surface area contributed by atoms with Gasteiger partial charge in [0, 0.05) is 22.0 Å². The second-order valence-corrected chi connectivity index (χ2v) is 9.98. The molecule has 0 aliphatic rings. The molecule has 0 saturated heterocycles. The van der Waals surface area contributed by atoms with Gasteiger partial charge in [-0.05, 0) is 79.9 Å². The minimum absolute atomic E-state index is 0.157. The second kappa shape index (κ2) is 8.80. The predicted molar refractivity (Wildman–Crippen MR) is 129 cm³/mol. The Labute approximate surface area is 189 Å². The summed E-state index contributed by atoms with van der Waals surface area (Å²) in [5, 5.41) is 3.56. The molecule has 6 heteroatoms. The van der Waals surface area contributed by atoms with E-state index in [1.807, 2.05) is 18.2 Å². The number of aromatic nitrogens is 1. The smallest absolute Gasteiger partial charge is 0.255 e. The third-order valence-electron chi connectivity index (χ3n) is 4.91. The van der Waals surface area contributed by atoms with E-state index in [0.717, 1.165) is 26.0 Å². The maximum atomic E-state index is 12.4. The minimum Gasteiger partial charge on any atom is -0.322 e. The van der Waals surface area contributed by atoms with Crippen LogP contribution in [-0.4, -0.2) is 10.9 Å². The van der Waals surface area contributed by atoms with Gasteiger partial charge in [-0.3, -0.25) is 4.79 Å². The number of hydrogen-bond donors (Lipinski definition) is 1. The fourth-order valence-electron chi connectivity index (χ4n) is 3.42. The van der Waals surface area contributed by atoms with Crippen LogP contribution in [0.25, 0.3) is 10.2 Å². The van der Waals surface area contributed by atoms with Gasteiger partial charge >= 0.3 is 0 Å². The van der Waals surface area contributed by atoms with Crippen LogP contribution in [0.4, 0.5) is 5.69 Å². The molecule has 1 N–H and O–H groups in total. The molecular formula is C24H21ClN2OS2. The first kappa shape index (κ1) is 20.9. The number of nitrogens with zero attached hydrogens (tertiary/aromatic N) is 1. The van der Waals surface area contributed by atoms with Gasteiger partial charge in [0.25, 0.3) is 5.91 Å². The van der Waals surface area contributed by atoms with E-state index in [2.05, 4.69) is 38.2 Å². The van der Waals surface area contributed by atoms with Gasteiger partial charge in [0.15, 0.2) is 4.34 Å². The highest BCUT2D eigenvalue weighted by Crippen LogP contribution is 2.34. The number of thiazole rings is 1. The van der Waals surface area contributed by atoms with Crippen molar-refractivity contribution in [3.8, 4) is 0 Å². The lowest BCUT2D eigenvalue weighted by Crippen LogP contribution is -2.11. The summed E-state index contributed by atoms with van der Waals surface area (Å²) in [6, 6.07) is 17.1. The maximum Gasteiger partial charge on any atom is 0.255 e. The molecule has 1 aromatic heterocycles. The van der Waals surface area contributed by atoms with E-state index in [9.17, 15) is 4.79 Å². The lowest BCUT2D eigenvalue weighted by atomic mass is 10.0. The summed E-state index contributed by atoms with van der Waals surface area (Å²) in [4.78, 5) is 17.2. The Kier molecular flexibility index (Phi) is 6.14. The fraction of sp³-hybridized carbons (Fsp3) is 0.167. The van der Waals surface area contributed by atoms with Gasteiger partial charge in [0.1, 0.15) is 0 Å². The molecule has 0 atom stereocenters. The molecule has 3 nitrogen and oxygen atoms in total. The zero-order valence-corrected chi connectivity index (χ0v) is 19.3. The summed E-state index contributed by atoms with van der Waals surface area (Å²) in [7, 11) is 0. The predicted octanol–water partition coefficient (Wildman–Crippen LogP) is 7.42. The first-order chi connectivity index (χ1) is 14.4. The van der Waals surface area contributed by atoms with Crippen LogP contribution in [0.2, 0.25) is 5.02 Å². The van der Waals surface area contributed by atoms with Crippen molar-refractivity contribution in [1.29, 1.82) is 0 Å². The van der Waals surface area contributed by atoms with E-state index >= 15 is 0 Å². The highest BCUT2D eigenvalue weighted by atomic mass is 35.5. The van der Waals surface area contributed by atoms with Gasteiger partial charge in [0.05, 0.1) is 10.2 Å². The van der Waals surface area contributed by atoms with E-state index in [4.69, 9.17) is 16.6 Å². The van der Waals surface area contributed by atoms with E-state index in [0.29, 0.717) is 10.6 Å². The number of fused-ring (bicyclic) bond motifs is 1. The molecule has 1 heterocycles. The summed E-state index contributed by atoms with van der Waals surface area (Å²) in [5.74, 6) is 0.744. The van der Waals surface area contributed by atoms with Crippen molar-refractivity contribution >= 4 is 56.5 Å². The molecule has 0 unspecified atom stereocenters. The summed E-state index contributed by atoms with van der Waals surface area (Å²) in [5.41, 5.74) is 7.61. The number of amides is 1. The van der Waals surface area contributed by atoms with E-state index in [1.165, 1.54) is 22.3 Å². The number of thioether (sulfide) groups is 1. The molecule has 30 heavy (non-hydrogen) atoms. The van der Waals surface area contributed by atoms with Crippen molar-refractivity contribution in [1.82, 2.24) is 4.98 Å². The van der Waals surface area contributed by atoms with Gasteiger partial charge in [-0.25, -0.2) is 4.98 Å². The Morgan fingerprint density at radius 1 is 1.03 bits per heavy atom. The van der Waals surface area contributed by atoms with Crippen LogP contribution in [-0.2, 0) is 5.75 Å². The number of aryl methyl sites for hydroxylation is 3. The van der Waals surface area contributed by atoms with Crippen molar-refractivity contribution in [3.63, 3.8) is 0 Å². The molecule has 0 bridgehead atoms. The number of nitrogens with one attached hydrogen (secondary N) is 1. The first-order valence-corrected chi connectivity index (χ1v) is 11.7. The number of halogens is 1. The van der Waals surface area contributed by atoms with Crippen LogP contribution in [0.15, 0.2) is 58.9 Å². The van der Waals surface area contributed by atoms with Gasteiger partial charge in [-0.1, -0.05) is 41.1 Å². The standard InChI is InChI=1S/C24H21ClN2OS2/c1-14-10-15(2)20(16(3)11-14)13-29-24-27-21-9-8-19(12-22(21)30-24)26-23(28)17-4-6-18(25)7-5-17/h4-12H,13H2,1-3H3,(H,26,28). The summed E-state index contributed by atoms with van der Waals surface area (Å²) in [6.45, 7) is 6.47. The van der Waals surface area contributed by atoms with E-state index in [1.54, 1.807) is 47.4 Å². The molecule has 0 saturated carbocycles. The molecular weight excluding hydrogens is 432 g/mol. The second-order valence-electron chi connectivity index (χ2n) is 7.29. The quantitative estimate of drug-likeness (QED) is 0.320. The summed E-state index contributed by atoms with van der Waals surface area (Å²) >= 11 is 9.31. The zero-order valence-electron chi connectivity index (χ0n) is 17.0. The molecule has 3 aromatic carbocycles. The van der Waals surface area contributed by atoms with Crippen LogP contribution in [0.5, 0.6) is 0 Å². The Bertz CT molecular complexity index is 1210. The zero-order chi connectivity index (χ0) is 21.3. The largest absolute Gasteiger partial charge is 0.322 e. The number of carbonyl (C=O) groups excluding carboxylic acids is 1. The Hall–Kier alpha value is -2.34.